The molecule has 2 aromatic carbocycles. The van der Waals surface area contributed by atoms with Crippen LogP contribution in [-0.4, -0.2) is 83.2 Å². The van der Waals surface area contributed by atoms with Crippen LogP contribution in [-0.2, 0) is 9.47 Å². The molecule has 4 amide bonds. The Morgan fingerprint density at radius 3 is 1.59 bits per heavy atom. The average Bonchev–Trinajstić information content (AvgIpc) is 3.97. The fourth-order valence-electron chi connectivity index (χ4n) is 7.51. The molecular formula is C46H49F6IN6O8S. The van der Waals surface area contributed by atoms with Gasteiger partial charge >= 0.3 is 24.9 Å². The Kier molecular flexibility index (Phi) is 15.7. The van der Waals surface area contributed by atoms with Crippen molar-refractivity contribution in [2.75, 3.05) is 26.2 Å². The molecule has 0 saturated carbocycles. The summed E-state index contributed by atoms with van der Waals surface area (Å²) in [6.07, 6.45) is -9.65. The molecule has 5 aromatic rings. The molecule has 0 radical (unpaired) electrons. The highest BCUT2D eigenvalue weighted by molar-refractivity contribution is 14.1. The number of thiophene rings is 1. The largest absolute Gasteiger partial charge is 0.573 e. The third-order valence-electron chi connectivity index (χ3n) is 10.0. The van der Waals surface area contributed by atoms with E-state index in [1.807, 2.05) is 26.0 Å². The Hall–Kier alpha value is -5.91. The van der Waals surface area contributed by atoms with Gasteiger partial charge in [0.1, 0.15) is 34.1 Å². The Morgan fingerprint density at radius 1 is 0.676 bits per heavy atom. The summed E-state index contributed by atoms with van der Waals surface area (Å²) in [5.74, 6) is -1.23. The zero-order valence-corrected chi connectivity index (χ0v) is 40.6. The number of carbonyl (C=O) groups excluding carboxylic acids is 4. The topological polar surface area (TPSA) is 163 Å². The number of halogens is 7. The summed E-state index contributed by atoms with van der Waals surface area (Å²) >= 11 is 3.55. The normalized spacial score (nSPS) is 16.0. The van der Waals surface area contributed by atoms with E-state index in [1.165, 1.54) is 47.7 Å². The van der Waals surface area contributed by atoms with E-state index in [9.17, 15) is 45.5 Å². The van der Waals surface area contributed by atoms with E-state index in [0.717, 1.165) is 5.56 Å². The van der Waals surface area contributed by atoms with Gasteiger partial charge in [-0.05, 0) is 136 Å². The lowest BCUT2D eigenvalue weighted by atomic mass is 10.0. The number of amides is 4. The number of nitrogens with one attached hydrogen (secondary N) is 4. The Morgan fingerprint density at radius 2 is 1.13 bits per heavy atom. The van der Waals surface area contributed by atoms with E-state index >= 15 is 0 Å². The first-order valence-corrected chi connectivity index (χ1v) is 23.2. The second-order valence-corrected chi connectivity index (χ2v) is 19.4. The molecule has 7 rings (SSSR count). The molecule has 68 heavy (non-hydrogen) atoms. The molecule has 3 aromatic heterocycles. The minimum atomic E-state index is -4.82. The summed E-state index contributed by atoms with van der Waals surface area (Å²) < 4.78 is 99.3. The van der Waals surface area contributed by atoms with Crippen molar-refractivity contribution in [3.05, 3.63) is 92.6 Å². The number of hydrogen-bond donors (Lipinski definition) is 4. The maximum Gasteiger partial charge on any atom is 0.573 e. The Balaban J connectivity index is 0.000000226. The highest BCUT2D eigenvalue weighted by Gasteiger charge is 2.35. The smallest absolute Gasteiger partial charge is 0.444 e. The maximum absolute atomic E-state index is 12.8. The third kappa shape index (κ3) is 13.8. The SMILES string of the molecule is CC(C)(C)OC(=O)NCC[C@H]1CNC(=O)c2cc(-c3cccc(OC(F)(F)F)c3)c(-c3ccsc3)n21.CC(C)(C)OC(=O)NCC[C@H]1CNC(=O)c2cc(-c3cccc(OC(F)(F)F)c3)c(I)n21. The fraction of sp³-hybridized carbons (Fsp3) is 0.391. The van der Waals surface area contributed by atoms with Crippen molar-refractivity contribution in [3.63, 3.8) is 0 Å². The first-order valence-electron chi connectivity index (χ1n) is 21.2. The molecule has 0 fully saturated rings. The Labute approximate surface area is 405 Å². The molecule has 14 nitrogen and oxygen atoms in total. The molecule has 2 aliphatic rings. The van der Waals surface area contributed by atoms with Gasteiger partial charge in [-0.1, -0.05) is 24.3 Å². The molecule has 0 spiro atoms. The van der Waals surface area contributed by atoms with Gasteiger partial charge < -0.3 is 49.3 Å². The minimum absolute atomic E-state index is 0.145. The summed E-state index contributed by atoms with van der Waals surface area (Å²) in [7, 11) is 0. The maximum atomic E-state index is 12.8. The zero-order chi connectivity index (χ0) is 49.8. The minimum Gasteiger partial charge on any atom is -0.444 e. The van der Waals surface area contributed by atoms with Crippen LogP contribution in [0.3, 0.4) is 0 Å². The average molecular weight is 1090 g/mol. The molecule has 0 bridgehead atoms. The predicted molar refractivity (Wildman–Crippen MR) is 250 cm³/mol. The highest BCUT2D eigenvalue weighted by atomic mass is 127. The number of fused-ring (bicyclic) bond motifs is 2. The molecule has 0 aliphatic carbocycles. The van der Waals surface area contributed by atoms with E-state index < -0.39 is 36.1 Å². The van der Waals surface area contributed by atoms with Crippen molar-refractivity contribution in [2.24, 2.45) is 0 Å². The molecule has 4 N–H and O–H groups in total. The molecular weight excluding hydrogens is 1040 g/mol. The molecule has 0 saturated heterocycles. The number of benzene rings is 2. The van der Waals surface area contributed by atoms with Crippen molar-refractivity contribution < 1.29 is 64.5 Å². The summed E-state index contributed by atoms with van der Waals surface area (Å²) in [4.78, 5) is 49.2. The van der Waals surface area contributed by atoms with Gasteiger partial charge in [0.15, 0.2) is 0 Å². The van der Waals surface area contributed by atoms with Crippen LogP contribution in [0.2, 0.25) is 0 Å². The van der Waals surface area contributed by atoms with Gasteiger partial charge in [-0.3, -0.25) is 9.59 Å². The number of aromatic nitrogens is 2. The van der Waals surface area contributed by atoms with Gasteiger partial charge in [-0.25, -0.2) is 9.59 Å². The van der Waals surface area contributed by atoms with Gasteiger partial charge in [-0.15, -0.1) is 26.3 Å². The summed E-state index contributed by atoms with van der Waals surface area (Å²) in [6, 6.07) is 16.2. The van der Waals surface area contributed by atoms with E-state index in [0.29, 0.717) is 82.1 Å². The van der Waals surface area contributed by atoms with Gasteiger partial charge in [0.05, 0.1) is 21.5 Å². The van der Waals surface area contributed by atoms with Crippen LogP contribution in [0.5, 0.6) is 11.5 Å². The third-order valence-corrected chi connectivity index (χ3v) is 11.8. The van der Waals surface area contributed by atoms with E-state index in [1.54, 1.807) is 65.8 Å². The number of ether oxygens (including phenoxy) is 4. The molecule has 2 aliphatic heterocycles. The molecule has 366 valence electrons. The first kappa shape index (κ1) is 51.5. The van der Waals surface area contributed by atoms with Crippen molar-refractivity contribution in [1.82, 2.24) is 30.4 Å². The molecule has 0 unspecified atom stereocenters. The summed E-state index contributed by atoms with van der Waals surface area (Å²) in [5.41, 5.74) is 3.33. The summed E-state index contributed by atoms with van der Waals surface area (Å²) in [5, 5.41) is 14.9. The Bertz CT molecular complexity index is 2620. The van der Waals surface area contributed by atoms with E-state index in [2.05, 4.69) is 53.3 Å². The number of alkyl carbamates (subject to hydrolysis) is 2. The van der Waals surface area contributed by atoms with Crippen LogP contribution < -0.4 is 30.7 Å². The lowest BCUT2D eigenvalue weighted by Gasteiger charge is -2.29. The molecule has 22 heteroatoms. The van der Waals surface area contributed by atoms with Crippen molar-refractivity contribution >= 4 is 57.9 Å². The number of nitrogens with zero attached hydrogens (tertiary/aromatic N) is 2. The second-order valence-electron chi connectivity index (χ2n) is 17.6. The van der Waals surface area contributed by atoms with Crippen LogP contribution in [0.1, 0.15) is 87.4 Å². The highest BCUT2D eigenvalue weighted by Crippen LogP contribution is 2.42. The van der Waals surface area contributed by atoms with Gasteiger partial charge in [-0.2, -0.15) is 11.3 Å². The van der Waals surface area contributed by atoms with Crippen molar-refractivity contribution in [2.45, 2.75) is 90.4 Å². The lowest BCUT2D eigenvalue weighted by Crippen LogP contribution is -2.41. The van der Waals surface area contributed by atoms with Crippen LogP contribution in [0.25, 0.3) is 33.5 Å². The lowest BCUT2D eigenvalue weighted by molar-refractivity contribution is -0.275. The standard InChI is InChI=1S/C25H26F3N3O4S.C21H23F3IN3O4/c1-24(2,3)35-23(33)29-9-7-17-13-30-22(32)20-12-19(21(31(17)20)16-8-10-36-14-16)15-5-4-6-18(11-15)34-25(26,27)28;1-20(2,3)32-19(30)26-8-7-13-11-27-18(29)16-10-15(17(25)28(13)16)12-5-4-6-14(9-12)31-21(22,23)24/h4-6,8,10-12,14,17H,7,9,13H2,1-3H3,(H,29,33)(H,30,32);4-6,9-10,13H,7-8,11H2,1-3H3,(H,26,30)(H,27,29)/t17-;13-/m00/s1. The number of rotatable bonds is 11. The van der Waals surface area contributed by atoms with Crippen LogP contribution in [0, 0.1) is 3.70 Å². The molecule has 5 heterocycles. The predicted octanol–water partition coefficient (Wildman–Crippen LogP) is 10.8. The molecule has 2 atom stereocenters. The number of carbonyl (C=O) groups is 4. The fourth-order valence-corrected chi connectivity index (χ4v) is 9.27. The van der Waals surface area contributed by atoms with Gasteiger partial charge in [0.2, 0.25) is 0 Å². The number of hydrogen-bond acceptors (Lipinski definition) is 9. The quantitative estimate of drug-likeness (QED) is 0.0750. The number of alkyl halides is 6. The van der Waals surface area contributed by atoms with Crippen LogP contribution in [0.15, 0.2) is 77.5 Å². The van der Waals surface area contributed by atoms with Crippen LogP contribution in [0.4, 0.5) is 35.9 Å². The first-order chi connectivity index (χ1) is 31.7. The van der Waals surface area contributed by atoms with E-state index in [-0.39, 0.29) is 35.4 Å². The second kappa shape index (κ2) is 20.8. The van der Waals surface area contributed by atoms with Crippen molar-refractivity contribution in [3.8, 4) is 45.0 Å². The van der Waals surface area contributed by atoms with Crippen LogP contribution >= 0.6 is 33.9 Å². The monoisotopic (exact) mass is 1090 g/mol. The van der Waals surface area contributed by atoms with Gasteiger partial charge in [0, 0.05) is 48.2 Å². The van der Waals surface area contributed by atoms with Gasteiger partial charge in [0.25, 0.3) is 11.8 Å². The summed E-state index contributed by atoms with van der Waals surface area (Å²) in [6.45, 7) is 12.0. The zero-order valence-electron chi connectivity index (χ0n) is 37.6. The van der Waals surface area contributed by atoms with E-state index in [4.69, 9.17) is 9.47 Å². The van der Waals surface area contributed by atoms with Crippen molar-refractivity contribution in [1.29, 1.82) is 0 Å².